The molecule has 1 aliphatic heterocycles. The Kier molecular flexibility index (Phi) is 7.14. The van der Waals surface area contributed by atoms with E-state index in [4.69, 9.17) is 15.2 Å². The summed E-state index contributed by atoms with van der Waals surface area (Å²) in [5.74, 6) is -0.0549. The van der Waals surface area contributed by atoms with E-state index in [9.17, 15) is 10.1 Å². The van der Waals surface area contributed by atoms with Gasteiger partial charge < -0.3 is 15.2 Å². The third-order valence-electron chi connectivity index (χ3n) is 5.25. The van der Waals surface area contributed by atoms with Gasteiger partial charge in [-0.1, -0.05) is 28.1 Å². The van der Waals surface area contributed by atoms with Crippen molar-refractivity contribution in [2.45, 2.75) is 37.3 Å². The number of thioether (sulfide) groups is 1. The molecule has 31 heavy (non-hydrogen) atoms. The van der Waals surface area contributed by atoms with E-state index in [-0.39, 0.29) is 11.5 Å². The molecule has 1 aliphatic rings. The number of hydrogen-bond acceptors (Lipinski definition) is 6. The molecule has 3 rings (SSSR count). The van der Waals surface area contributed by atoms with Gasteiger partial charge in [-0.2, -0.15) is 5.26 Å². The van der Waals surface area contributed by atoms with E-state index in [1.807, 2.05) is 19.1 Å². The smallest absolute Gasteiger partial charge is 0.338 e. The first-order valence-corrected chi connectivity index (χ1v) is 11.4. The van der Waals surface area contributed by atoms with Crippen molar-refractivity contribution in [1.29, 1.82) is 5.26 Å². The quantitative estimate of drug-likeness (QED) is 0.425. The number of nitriles is 1. The van der Waals surface area contributed by atoms with Gasteiger partial charge in [-0.15, -0.1) is 11.8 Å². The Balaban J connectivity index is 2.06. The van der Waals surface area contributed by atoms with Crippen LogP contribution in [0.3, 0.4) is 0 Å². The number of hydrogen-bond donors (Lipinski definition) is 1. The zero-order valence-electron chi connectivity index (χ0n) is 17.8. The monoisotopic (exact) mass is 498 g/mol. The maximum absolute atomic E-state index is 12.6. The van der Waals surface area contributed by atoms with Crippen LogP contribution < -0.4 is 5.73 Å². The predicted molar refractivity (Wildman–Crippen MR) is 125 cm³/mol. The van der Waals surface area contributed by atoms with E-state index in [0.717, 1.165) is 37.4 Å². The van der Waals surface area contributed by atoms with Gasteiger partial charge in [0, 0.05) is 15.1 Å². The fourth-order valence-electron chi connectivity index (χ4n) is 3.64. The molecule has 0 amide bonds. The highest BCUT2D eigenvalue weighted by Gasteiger charge is 2.37. The van der Waals surface area contributed by atoms with Crippen LogP contribution in [0.1, 0.15) is 35.1 Å². The Bertz CT molecular complexity index is 1130. The second kappa shape index (κ2) is 9.63. The summed E-state index contributed by atoms with van der Waals surface area (Å²) in [6.45, 7) is 5.70. The number of carbonyl (C=O) groups excluding carboxylic acids is 1. The number of methoxy groups -OCH3 is 1. The standard InChI is InChI=1S/C24H23BrN2O3S/c1-13-9-14(2)19(10-16(13)12-31-18-7-5-17(25)6-8-18)22-20(11-26)23(27)30-15(3)21(22)24(28)29-4/h5-10,22H,12,27H2,1-4H3. The molecular formula is C24H23BrN2O3S. The fourth-order valence-corrected chi connectivity index (χ4v) is 4.87. The van der Waals surface area contributed by atoms with Crippen molar-refractivity contribution in [3.63, 3.8) is 0 Å². The topological polar surface area (TPSA) is 85.3 Å². The number of rotatable bonds is 5. The summed E-state index contributed by atoms with van der Waals surface area (Å²) in [6, 6.07) is 14.4. The minimum Gasteiger partial charge on any atom is -0.466 e. The zero-order valence-corrected chi connectivity index (χ0v) is 20.2. The molecule has 0 aliphatic carbocycles. The van der Waals surface area contributed by atoms with Crippen LogP contribution in [-0.2, 0) is 20.0 Å². The van der Waals surface area contributed by atoms with E-state index in [1.54, 1.807) is 18.7 Å². The molecule has 2 aromatic carbocycles. The highest BCUT2D eigenvalue weighted by Crippen LogP contribution is 2.42. The molecule has 5 nitrogen and oxygen atoms in total. The fraction of sp³-hybridized carbons (Fsp3) is 0.250. The maximum atomic E-state index is 12.6. The van der Waals surface area contributed by atoms with Crippen LogP contribution in [0.15, 0.2) is 68.6 Å². The van der Waals surface area contributed by atoms with Gasteiger partial charge >= 0.3 is 5.97 Å². The zero-order chi connectivity index (χ0) is 22.7. The third kappa shape index (κ3) is 4.81. The van der Waals surface area contributed by atoms with Gasteiger partial charge in [0.15, 0.2) is 0 Å². The van der Waals surface area contributed by atoms with Crippen LogP contribution in [0.5, 0.6) is 0 Å². The van der Waals surface area contributed by atoms with Gasteiger partial charge in [0.05, 0.1) is 18.6 Å². The number of ether oxygens (including phenoxy) is 2. The molecule has 0 spiro atoms. The lowest BCUT2D eigenvalue weighted by Crippen LogP contribution is -2.25. The Morgan fingerprint density at radius 3 is 2.52 bits per heavy atom. The molecule has 160 valence electrons. The van der Waals surface area contributed by atoms with E-state index >= 15 is 0 Å². The largest absolute Gasteiger partial charge is 0.466 e. The summed E-state index contributed by atoms with van der Waals surface area (Å²) in [4.78, 5) is 13.7. The molecule has 7 heteroatoms. The summed E-state index contributed by atoms with van der Waals surface area (Å²) in [6.07, 6.45) is 0. The normalized spacial score (nSPS) is 16.1. The van der Waals surface area contributed by atoms with Crippen LogP contribution in [0.4, 0.5) is 0 Å². The van der Waals surface area contributed by atoms with Crippen molar-refractivity contribution in [1.82, 2.24) is 0 Å². The van der Waals surface area contributed by atoms with Crippen LogP contribution in [0, 0.1) is 25.2 Å². The SMILES string of the molecule is COC(=O)C1=C(C)OC(N)=C(C#N)C1c1cc(CSc2ccc(Br)cc2)c(C)cc1C. The Labute approximate surface area is 195 Å². The molecule has 0 aromatic heterocycles. The van der Waals surface area contributed by atoms with Crippen molar-refractivity contribution in [3.05, 3.63) is 85.9 Å². The maximum Gasteiger partial charge on any atom is 0.338 e. The number of nitrogens with zero attached hydrogens (tertiary/aromatic N) is 1. The van der Waals surface area contributed by atoms with Crippen LogP contribution in [0.2, 0.25) is 0 Å². The molecule has 1 unspecified atom stereocenters. The summed E-state index contributed by atoms with van der Waals surface area (Å²) < 4.78 is 11.5. The van der Waals surface area contributed by atoms with Gasteiger partial charge in [-0.05, 0) is 67.3 Å². The van der Waals surface area contributed by atoms with Crippen molar-refractivity contribution >= 4 is 33.7 Å². The summed E-state index contributed by atoms with van der Waals surface area (Å²) in [5.41, 5.74) is 10.6. The van der Waals surface area contributed by atoms with Crippen molar-refractivity contribution in [2.75, 3.05) is 7.11 Å². The van der Waals surface area contributed by atoms with Gasteiger partial charge in [-0.3, -0.25) is 0 Å². The van der Waals surface area contributed by atoms with Gasteiger partial charge in [0.2, 0.25) is 5.88 Å². The molecule has 0 bridgehead atoms. The highest BCUT2D eigenvalue weighted by atomic mass is 79.9. The first kappa shape index (κ1) is 23.0. The summed E-state index contributed by atoms with van der Waals surface area (Å²) in [7, 11) is 1.32. The molecule has 0 fully saturated rings. The Morgan fingerprint density at radius 1 is 1.23 bits per heavy atom. The average Bonchev–Trinajstić information content (AvgIpc) is 2.73. The lowest BCUT2D eigenvalue weighted by atomic mass is 9.80. The van der Waals surface area contributed by atoms with E-state index in [2.05, 4.69) is 53.2 Å². The van der Waals surface area contributed by atoms with Crippen LogP contribution in [0.25, 0.3) is 0 Å². The number of allylic oxidation sites excluding steroid dienone is 2. The Morgan fingerprint density at radius 2 is 1.90 bits per heavy atom. The second-order valence-corrected chi connectivity index (χ2v) is 9.23. The van der Waals surface area contributed by atoms with Gasteiger partial charge in [-0.25, -0.2) is 4.79 Å². The van der Waals surface area contributed by atoms with Crippen molar-refractivity contribution < 1.29 is 14.3 Å². The Hall–Kier alpha value is -2.69. The molecule has 1 atom stereocenters. The summed E-state index contributed by atoms with van der Waals surface area (Å²) >= 11 is 5.18. The molecule has 0 saturated heterocycles. The molecule has 0 saturated carbocycles. The third-order valence-corrected chi connectivity index (χ3v) is 6.84. The predicted octanol–water partition coefficient (Wildman–Crippen LogP) is 5.61. The number of carbonyl (C=O) groups is 1. The van der Waals surface area contributed by atoms with E-state index < -0.39 is 11.9 Å². The van der Waals surface area contributed by atoms with Crippen LogP contribution >= 0.6 is 27.7 Å². The van der Waals surface area contributed by atoms with Gasteiger partial charge in [0.25, 0.3) is 0 Å². The number of esters is 1. The number of benzene rings is 2. The van der Waals surface area contributed by atoms with Crippen LogP contribution in [-0.4, -0.2) is 13.1 Å². The molecule has 2 aromatic rings. The minimum atomic E-state index is -0.636. The highest BCUT2D eigenvalue weighted by molar-refractivity contribution is 9.10. The average molecular weight is 499 g/mol. The number of halogens is 1. The summed E-state index contributed by atoms with van der Waals surface area (Å²) in [5, 5.41) is 9.79. The minimum absolute atomic E-state index is 0.0171. The molecule has 0 radical (unpaired) electrons. The van der Waals surface area contributed by atoms with Crippen molar-refractivity contribution in [3.8, 4) is 6.07 Å². The first-order chi connectivity index (χ1) is 14.8. The second-order valence-electron chi connectivity index (χ2n) is 7.26. The van der Waals surface area contributed by atoms with Crippen molar-refractivity contribution in [2.24, 2.45) is 5.73 Å². The van der Waals surface area contributed by atoms with Gasteiger partial charge in [0.1, 0.15) is 17.4 Å². The lowest BCUT2D eigenvalue weighted by molar-refractivity contribution is -0.136. The van der Waals surface area contributed by atoms with E-state index in [0.29, 0.717) is 11.3 Å². The lowest BCUT2D eigenvalue weighted by Gasteiger charge is -2.28. The first-order valence-electron chi connectivity index (χ1n) is 9.61. The molecule has 1 heterocycles. The molecule has 2 N–H and O–H groups in total. The molecular weight excluding hydrogens is 476 g/mol. The number of aryl methyl sites for hydroxylation is 2. The number of nitrogens with two attached hydrogens (primary N) is 1. The van der Waals surface area contributed by atoms with E-state index in [1.165, 1.54) is 7.11 Å².